The minimum Gasteiger partial charge on any atom is -0.465 e. The van der Waals surface area contributed by atoms with E-state index in [-0.39, 0.29) is 5.97 Å². The predicted molar refractivity (Wildman–Crippen MR) is 96.1 cm³/mol. The van der Waals surface area contributed by atoms with E-state index in [1.54, 1.807) is 6.07 Å². The smallest absolute Gasteiger partial charge is 0.340 e. The van der Waals surface area contributed by atoms with Crippen LogP contribution in [-0.2, 0) is 17.8 Å². The van der Waals surface area contributed by atoms with Gasteiger partial charge in [-0.3, -0.25) is 4.68 Å². The number of ether oxygens (including phenoxy) is 1. The average molecular weight is 352 g/mol. The Morgan fingerprint density at radius 3 is 2.83 bits per heavy atom. The summed E-state index contributed by atoms with van der Waals surface area (Å²) in [5.41, 5.74) is 2.70. The summed E-state index contributed by atoms with van der Waals surface area (Å²) in [6, 6.07) is 1.79. The van der Waals surface area contributed by atoms with Crippen LogP contribution in [0.1, 0.15) is 33.4 Å². The molecule has 2 heterocycles. The van der Waals surface area contributed by atoms with Crippen LogP contribution in [0.4, 0.5) is 5.00 Å². The van der Waals surface area contributed by atoms with E-state index in [1.165, 1.54) is 18.4 Å². The molecule has 0 aliphatic heterocycles. The summed E-state index contributed by atoms with van der Waals surface area (Å²) >= 11 is 6.77. The predicted octanol–water partition coefficient (Wildman–Crippen LogP) is 2.85. The normalized spacial score (nSPS) is 10.4. The van der Waals surface area contributed by atoms with Crippen LogP contribution in [-0.4, -0.2) is 28.0 Å². The lowest BCUT2D eigenvalue weighted by molar-refractivity contribution is 0.0602. The second-order valence-electron chi connectivity index (χ2n) is 4.97. The molecule has 0 amide bonds. The van der Waals surface area contributed by atoms with Gasteiger partial charge in [0.2, 0.25) is 0 Å². The van der Waals surface area contributed by atoms with Crippen LogP contribution in [0.2, 0.25) is 0 Å². The number of aromatic nitrogens is 2. The molecule has 0 saturated carbocycles. The van der Waals surface area contributed by atoms with Gasteiger partial charge in [0.15, 0.2) is 5.11 Å². The summed E-state index contributed by atoms with van der Waals surface area (Å²) in [5, 5.41) is 11.7. The summed E-state index contributed by atoms with van der Waals surface area (Å²) < 4.78 is 6.72. The van der Waals surface area contributed by atoms with E-state index in [4.69, 9.17) is 17.0 Å². The Morgan fingerprint density at radius 1 is 1.48 bits per heavy atom. The van der Waals surface area contributed by atoms with E-state index < -0.39 is 0 Å². The van der Waals surface area contributed by atoms with Crippen LogP contribution in [0.3, 0.4) is 0 Å². The topological polar surface area (TPSA) is 68.2 Å². The number of anilines is 1. The maximum atomic E-state index is 11.8. The minimum atomic E-state index is -0.375. The molecule has 2 rings (SSSR count). The van der Waals surface area contributed by atoms with Crippen LogP contribution >= 0.6 is 23.6 Å². The van der Waals surface area contributed by atoms with Crippen LogP contribution in [0.5, 0.6) is 0 Å². The van der Waals surface area contributed by atoms with Crippen LogP contribution in [0.25, 0.3) is 0 Å². The molecule has 124 valence electrons. The molecule has 2 aromatic rings. The summed E-state index contributed by atoms with van der Waals surface area (Å²) in [6.45, 7) is 7.43. The van der Waals surface area contributed by atoms with Crippen molar-refractivity contribution in [2.24, 2.45) is 0 Å². The van der Waals surface area contributed by atoms with Crippen molar-refractivity contribution >= 4 is 39.6 Å². The van der Waals surface area contributed by atoms with Gasteiger partial charge in [0.1, 0.15) is 5.00 Å². The van der Waals surface area contributed by atoms with Crippen LogP contribution in [0.15, 0.2) is 12.3 Å². The quantitative estimate of drug-likeness (QED) is 0.637. The van der Waals surface area contributed by atoms with Crippen molar-refractivity contribution in [3.05, 3.63) is 34.0 Å². The van der Waals surface area contributed by atoms with Gasteiger partial charge < -0.3 is 15.4 Å². The first-order valence-electron chi connectivity index (χ1n) is 7.21. The van der Waals surface area contributed by atoms with E-state index in [0.29, 0.717) is 22.2 Å². The van der Waals surface area contributed by atoms with Crippen molar-refractivity contribution in [1.29, 1.82) is 0 Å². The van der Waals surface area contributed by atoms with Gasteiger partial charge in [-0.1, -0.05) is 0 Å². The zero-order chi connectivity index (χ0) is 17.0. The zero-order valence-electron chi connectivity index (χ0n) is 13.6. The van der Waals surface area contributed by atoms with Crippen LogP contribution < -0.4 is 10.6 Å². The molecule has 0 fully saturated rings. The third kappa shape index (κ3) is 4.08. The molecule has 0 saturated heterocycles. The molecule has 2 aromatic heterocycles. The number of methoxy groups -OCH3 is 1. The standard InChI is InChI=1S/C15H20N4O2S2/c1-5-19-10(3)11(8-17-19)7-16-15(22)18-13-12(14(20)21-4)6-9(2)23-13/h6,8H,5,7H2,1-4H3,(H2,16,18,22). The highest BCUT2D eigenvalue weighted by molar-refractivity contribution is 7.80. The molecule has 0 aliphatic rings. The van der Waals surface area contributed by atoms with Crippen molar-refractivity contribution in [2.75, 3.05) is 12.4 Å². The number of aryl methyl sites for hydroxylation is 2. The first-order chi connectivity index (χ1) is 11.0. The number of esters is 1. The Bertz CT molecular complexity index is 721. The van der Waals surface area contributed by atoms with E-state index in [9.17, 15) is 4.79 Å². The summed E-state index contributed by atoms with van der Waals surface area (Å²) in [7, 11) is 1.36. The first-order valence-corrected chi connectivity index (χ1v) is 8.43. The highest BCUT2D eigenvalue weighted by Crippen LogP contribution is 2.28. The Labute approximate surface area is 144 Å². The minimum absolute atomic E-state index is 0.375. The van der Waals surface area contributed by atoms with E-state index in [2.05, 4.69) is 22.7 Å². The molecule has 0 bridgehead atoms. The van der Waals surface area contributed by atoms with E-state index in [1.807, 2.05) is 24.7 Å². The fraction of sp³-hybridized carbons (Fsp3) is 0.400. The molecule has 6 nitrogen and oxygen atoms in total. The molecule has 0 aliphatic carbocycles. The van der Waals surface area contributed by atoms with Gasteiger partial charge in [-0.25, -0.2) is 4.79 Å². The van der Waals surface area contributed by atoms with Crippen molar-refractivity contribution in [3.63, 3.8) is 0 Å². The number of hydrogen-bond acceptors (Lipinski definition) is 5. The lowest BCUT2D eigenvalue weighted by Gasteiger charge is -2.10. The molecule has 0 atom stereocenters. The number of carbonyl (C=O) groups excluding carboxylic acids is 1. The summed E-state index contributed by atoms with van der Waals surface area (Å²) in [4.78, 5) is 12.8. The Morgan fingerprint density at radius 2 is 2.22 bits per heavy atom. The molecular weight excluding hydrogens is 332 g/mol. The monoisotopic (exact) mass is 352 g/mol. The second-order valence-corrected chi connectivity index (χ2v) is 6.63. The number of carbonyl (C=O) groups is 1. The molecule has 0 aromatic carbocycles. The zero-order valence-corrected chi connectivity index (χ0v) is 15.2. The molecule has 0 radical (unpaired) electrons. The van der Waals surface area contributed by atoms with Gasteiger partial charge in [-0.2, -0.15) is 5.10 Å². The van der Waals surface area contributed by atoms with Gasteiger partial charge in [0.25, 0.3) is 0 Å². The van der Waals surface area contributed by atoms with Crippen molar-refractivity contribution < 1.29 is 9.53 Å². The number of thiophene rings is 1. The van der Waals surface area contributed by atoms with Gasteiger partial charge in [-0.05, 0) is 39.1 Å². The lowest BCUT2D eigenvalue weighted by Crippen LogP contribution is -2.28. The highest BCUT2D eigenvalue weighted by Gasteiger charge is 2.16. The highest BCUT2D eigenvalue weighted by atomic mass is 32.1. The maximum Gasteiger partial charge on any atom is 0.340 e. The Hall–Kier alpha value is -1.93. The number of rotatable bonds is 5. The first kappa shape index (κ1) is 17.4. The lowest BCUT2D eigenvalue weighted by atomic mass is 10.2. The largest absolute Gasteiger partial charge is 0.465 e. The van der Waals surface area contributed by atoms with Crippen molar-refractivity contribution in [2.45, 2.75) is 33.9 Å². The average Bonchev–Trinajstić information content (AvgIpc) is 3.07. The van der Waals surface area contributed by atoms with Crippen molar-refractivity contribution in [3.8, 4) is 0 Å². The second kappa shape index (κ2) is 7.56. The Balaban J connectivity index is 2.00. The third-order valence-corrected chi connectivity index (χ3v) is 4.64. The molecule has 8 heteroatoms. The number of hydrogen-bond donors (Lipinski definition) is 2. The fourth-order valence-electron chi connectivity index (χ4n) is 2.17. The Kier molecular flexibility index (Phi) is 5.73. The molecule has 2 N–H and O–H groups in total. The number of thiocarbonyl (C=S) groups is 1. The number of nitrogens with one attached hydrogen (secondary N) is 2. The third-order valence-electron chi connectivity index (χ3n) is 3.43. The summed E-state index contributed by atoms with van der Waals surface area (Å²) in [6.07, 6.45) is 1.84. The molecular formula is C15H20N4O2S2. The summed E-state index contributed by atoms with van der Waals surface area (Å²) in [5.74, 6) is -0.375. The van der Waals surface area contributed by atoms with Crippen LogP contribution in [0, 0.1) is 13.8 Å². The van der Waals surface area contributed by atoms with Crippen molar-refractivity contribution in [1.82, 2.24) is 15.1 Å². The van der Waals surface area contributed by atoms with E-state index in [0.717, 1.165) is 22.7 Å². The maximum absolute atomic E-state index is 11.8. The molecule has 0 spiro atoms. The molecule has 23 heavy (non-hydrogen) atoms. The number of nitrogens with zero attached hydrogens (tertiary/aromatic N) is 2. The SMILES string of the molecule is CCn1ncc(CNC(=S)Nc2sc(C)cc2C(=O)OC)c1C. The van der Waals surface area contributed by atoms with Gasteiger partial charge in [0, 0.05) is 29.2 Å². The van der Waals surface area contributed by atoms with Gasteiger partial charge in [0.05, 0.1) is 18.9 Å². The fourth-order valence-corrected chi connectivity index (χ4v) is 3.31. The van der Waals surface area contributed by atoms with Gasteiger partial charge >= 0.3 is 5.97 Å². The molecule has 0 unspecified atom stereocenters. The van der Waals surface area contributed by atoms with E-state index >= 15 is 0 Å². The van der Waals surface area contributed by atoms with Gasteiger partial charge in [-0.15, -0.1) is 11.3 Å².